The van der Waals surface area contributed by atoms with E-state index in [0.717, 1.165) is 41.5 Å². The van der Waals surface area contributed by atoms with Gasteiger partial charge in [0.15, 0.2) is 11.0 Å². The highest BCUT2D eigenvalue weighted by molar-refractivity contribution is 7.99. The normalized spacial score (nSPS) is 14.5. The number of nitriles is 1. The van der Waals surface area contributed by atoms with Crippen LogP contribution >= 0.6 is 11.8 Å². The lowest BCUT2D eigenvalue weighted by Crippen LogP contribution is -2.44. The Kier molecular flexibility index (Phi) is 7.67. The van der Waals surface area contributed by atoms with Crippen LogP contribution in [0.5, 0.6) is 0 Å². The third kappa shape index (κ3) is 5.17. The van der Waals surface area contributed by atoms with Crippen molar-refractivity contribution in [2.24, 2.45) is 0 Å². The van der Waals surface area contributed by atoms with Crippen LogP contribution in [-0.4, -0.2) is 57.1 Å². The molecule has 0 N–H and O–H groups in total. The minimum absolute atomic E-state index is 0.0419. The number of nitrogens with zero attached hydrogens (tertiary/aromatic N) is 5. The molecule has 154 valence electrons. The Morgan fingerprint density at radius 1 is 1.34 bits per heavy atom. The number of thioether (sulfide) groups is 1. The predicted octanol–water partition coefficient (Wildman–Crippen LogP) is 3.29. The first-order valence-electron chi connectivity index (χ1n) is 10.0. The number of hydrogen-bond donors (Lipinski definition) is 0. The Morgan fingerprint density at radius 2 is 2.10 bits per heavy atom. The first-order chi connectivity index (χ1) is 14.2. The maximum absolute atomic E-state index is 12.9. The molecule has 8 heteroatoms. The van der Waals surface area contributed by atoms with E-state index in [0.29, 0.717) is 26.2 Å². The van der Waals surface area contributed by atoms with Gasteiger partial charge in [-0.3, -0.25) is 4.79 Å². The van der Waals surface area contributed by atoms with Gasteiger partial charge in [0.2, 0.25) is 5.91 Å². The highest BCUT2D eigenvalue weighted by Crippen LogP contribution is 2.27. The molecule has 0 radical (unpaired) electrons. The number of aromatic nitrogens is 3. The maximum Gasteiger partial charge on any atom is 0.233 e. The van der Waals surface area contributed by atoms with Crippen molar-refractivity contribution in [3.8, 4) is 17.5 Å². The number of rotatable bonds is 8. The zero-order valence-corrected chi connectivity index (χ0v) is 17.8. The van der Waals surface area contributed by atoms with E-state index < -0.39 is 0 Å². The fourth-order valence-corrected chi connectivity index (χ4v) is 4.48. The predicted molar refractivity (Wildman–Crippen MR) is 112 cm³/mol. The molecule has 0 unspecified atom stereocenters. The molecule has 0 spiro atoms. The van der Waals surface area contributed by atoms with E-state index in [9.17, 15) is 4.79 Å². The summed E-state index contributed by atoms with van der Waals surface area (Å²) in [6.07, 6.45) is 1.99. The Balaban J connectivity index is 1.72. The SMILES string of the molecule is CCn1c(SCC(=O)N(CCC#N)C2CCOCC2)nnc1-c1ccccc1C. The van der Waals surface area contributed by atoms with Crippen LogP contribution in [0.1, 0.15) is 31.7 Å². The number of ether oxygens (including phenoxy) is 1. The summed E-state index contributed by atoms with van der Waals surface area (Å²) in [5.41, 5.74) is 2.20. The zero-order chi connectivity index (χ0) is 20.6. The van der Waals surface area contributed by atoms with Crippen LogP contribution in [0, 0.1) is 18.3 Å². The fourth-order valence-electron chi connectivity index (χ4n) is 3.59. The van der Waals surface area contributed by atoms with E-state index in [-0.39, 0.29) is 17.7 Å². The molecule has 1 fully saturated rings. The number of hydrogen-bond acceptors (Lipinski definition) is 6. The van der Waals surface area contributed by atoms with Gasteiger partial charge in [-0.15, -0.1) is 10.2 Å². The molecule has 3 rings (SSSR count). The number of carbonyl (C=O) groups is 1. The summed E-state index contributed by atoms with van der Waals surface area (Å²) in [4.78, 5) is 14.8. The molecule has 1 aliphatic rings. The number of amides is 1. The smallest absolute Gasteiger partial charge is 0.233 e. The second kappa shape index (κ2) is 10.4. The molecule has 1 aromatic heterocycles. The van der Waals surface area contributed by atoms with Crippen LogP contribution in [-0.2, 0) is 16.1 Å². The van der Waals surface area contributed by atoms with Crippen LogP contribution in [0.25, 0.3) is 11.4 Å². The summed E-state index contributed by atoms with van der Waals surface area (Å²) in [5, 5.41) is 18.4. The fraction of sp³-hybridized carbons (Fsp3) is 0.524. The lowest BCUT2D eigenvalue weighted by molar-refractivity contribution is -0.132. The summed E-state index contributed by atoms with van der Waals surface area (Å²) in [6, 6.07) is 10.4. The Labute approximate surface area is 176 Å². The zero-order valence-electron chi connectivity index (χ0n) is 17.0. The molecule has 2 heterocycles. The summed E-state index contributed by atoms with van der Waals surface area (Å²) in [6.45, 7) is 6.64. The molecule has 1 saturated heterocycles. The minimum Gasteiger partial charge on any atom is -0.381 e. The molecule has 1 amide bonds. The molecule has 2 aromatic rings. The van der Waals surface area contributed by atoms with Gasteiger partial charge in [0.25, 0.3) is 0 Å². The van der Waals surface area contributed by atoms with Gasteiger partial charge in [-0.25, -0.2) is 0 Å². The highest BCUT2D eigenvalue weighted by Gasteiger charge is 2.26. The van der Waals surface area contributed by atoms with E-state index in [1.165, 1.54) is 11.8 Å². The van der Waals surface area contributed by atoms with E-state index in [1.54, 1.807) is 0 Å². The number of benzene rings is 1. The monoisotopic (exact) mass is 413 g/mol. The van der Waals surface area contributed by atoms with Crippen LogP contribution < -0.4 is 0 Å². The largest absolute Gasteiger partial charge is 0.381 e. The van der Waals surface area contributed by atoms with Crippen molar-refractivity contribution in [1.29, 1.82) is 5.26 Å². The van der Waals surface area contributed by atoms with Crippen molar-refractivity contribution in [3.05, 3.63) is 29.8 Å². The molecular weight excluding hydrogens is 386 g/mol. The van der Waals surface area contributed by atoms with Gasteiger partial charge in [0.1, 0.15) is 0 Å². The second-order valence-corrected chi connectivity index (χ2v) is 7.94. The summed E-state index contributed by atoms with van der Waals surface area (Å²) < 4.78 is 7.47. The molecule has 29 heavy (non-hydrogen) atoms. The molecule has 7 nitrogen and oxygen atoms in total. The van der Waals surface area contributed by atoms with Gasteiger partial charge in [0.05, 0.1) is 18.2 Å². The van der Waals surface area contributed by atoms with Crippen molar-refractivity contribution in [1.82, 2.24) is 19.7 Å². The number of carbonyl (C=O) groups excluding carboxylic acids is 1. The molecule has 0 aliphatic carbocycles. The molecule has 1 aliphatic heterocycles. The Hall–Kier alpha value is -2.37. The second-order valence-electron chi connectivity index (χ2n) is 6.99. The molecular formula is C21H27N5O2S. The molecule has 1 aromatic carbocycles. The van der Waals surface area contributed by atoms with Crippen LogP contribution in [0.2, 0.25) is 0 Å². The van der Waals surface area contributed by atoms with Gasteiger partial charge in [0, 0.05) is 37.9 Å². The van der Waals surface area contributed by atoms with Crippen LogP contribution in [0.4, 0.5) is 0 Å². The minimum atomic E-state index is 0.0419. The van der Waals surface area contributed by atoms with Crippen molar-refractivity contribution in [2.75, 3.05) is 25.5 Å². The average Bonchev–Trinajstić information content (AvgIpc) is 3.16. The van der Waals surface area contributed by atoms with Crippen molar-refractivity contribution in [3.63, 3.8) is 0 Å². The van der Waals surface area contributed by atoms with E-state index in [4.69, 9.17) is 10.00 Å². The lowest BCUT2D eigenvalue weighted by Gasteiger charge is -2.33. The van der Waals surface area contributed by atoms with Gasteiger partial charge in [-0.1, -0.05) is 36.0 Å². The average molecular weight is 414 g/mol. The first kappa shape index (κ1) is 21.3. The quantitative estimate of drug-likeness (QED) is 0.618. The van der Waals surface area contributed by atoms with E-state index in [1.807, 2.05) is 27.7 Å². The van der Waals surface area contributed by atoms with Gasteiger partial charge < -0.3 is 14.2 Å². The third-order valence-electron chi connectivity index (χ3n) is 5.16. The summed E-state index contributed by atoms with van der Waals surface area (Å²) >= 11 is 1.41. The van der Waals surface area contributed by atoms with E-state index in [2.05, 4.69) is 36.2 Å². The Bertz CT molecular complexity index is 870. The molecule has 0 atom stereocenters. The molecule has 0 bridgehead atoms. The summed E-state index contributed by atoms with van der Waals surface area (Å²) in [5.74, 6) is 1.15. The van der Waals surface area contributed by atoms with Gasteiger partial charge in [-0.2, -0.15) is 5.26 Å². The van der Waals surface area contributed by atoms with Crippen molar-refractivity contribution < 1.29 is 9.53 Å². The number of aryl methyl sites for hydroxylation is 1. The third-order valence-corrected chi connectivity index (χ3v) is 6.11. The van der Waals surface area contributed by atoms with Crippen LogP contribution in [0.3, 0.4) is 0 Å². The van der Waals surface area contributed by atoms with Gasteiger partial charge in [-0.05, 0) is 32.3 Å². The lowest BCUT2D eigenvalue weighted by atomic mass is 10.1. The van der Waals surface area contributed by atoms with Crippen LogP contribution in [0.15, 0.2) is 29.4 Å². The molecule has 0 saturated carbocycles. The van der Waals surface area contributed by atoms with E-state index >= 15 is 0 Å². The summed E-state index contributed by atoms with van der Waals surface area (Å²) in [7, 11) is 0. The maximum atomic E-state index is 12.9. The van der Waals surface area contributed by atoms with Gasteiger partial charge >= 0.3 is 0 Å². The van der Waals surface area contributed by atoms with Crippen molar-refractivity contribution in [2.45, 2.75) is 50.9 Å². The Morgan fingerprint density at radius 3 is 2.79 bits per heavy atom. The van der Waals surface area contributed by atoms with Crippen molar-refractivity contribution >= 4 is 17.7 Å². The highest BCUT2D eigenvalue weighted by atomic mass is 32.2. The first-order valence-corrected chi connectivity index (χ1v) is 11.0. The topological polar surface area (TPSA) is 84.0 Å². The standard InChI is InChI=1S/C21H27N5O2S/c1-3-25-20(18-8-5-4-7-16(18)2)23-24-21(25)29-15-19(27)26(12-6-11-22)17-9-13-28-14-10-17/h4-5,7-8,17H,3,6,9-10,12-15H2,1-2H3.